The lowest BCUT2D eigenvalue weighted by atomic mass is 10.2. The number of halogens is 4. The molecule has 4 N–H and O–H groups in total. The molecule has 0 saturated heterocycles. The number of benzene rings is 1. The lowest BCUT2D eigenvalue weighted by molar-refractivity contribution is -0.137. The summed E-state index contributed by atoms with van der Waals surface area (Å²) in [6.07, 6.45) is -4.49. The molecule has 0 aliphatic heterocycles. The Morgan fingerprint density at radius 3 is 2.56 bits per heavy atom. The minimum absolute atomic E-state index is 0.00815. The first-order valence-corrected chi connectivity index (χ1v) is 4.33. The van der Waals surface area contributed by atoms with Gasteiger partial charge in [0.25, 0.3) is 0 Å². The molecule has 1 aromatic rings. The summed E-state index contributed by atoms with van der Waals surface area (Å²) in [5.74, 6) is -0.457. The Hall–Kier alpha value is -1.47. The molecule has 0 aliphatic carbocycles. The summed E-state index contributed by atoms with van der Waals surface area (Å²) in [5, 5.41) is 8.34. The van der Waals surface area contributed by atoms with E-state index in [0.717, 1.165) is 18.2 Å². The van der Waals surface area contributed by atoms with E-state index >= 15 is 0 Å². The van der Waals surface area contributed by atoms with Gasteiger partial charge >= 0.3 is 6.18 Å². The van der Waals surface area contributed by atoms with E-state index in [1.807, 2.05) is 0 Å². The molecule has 0 aromatic heterocycles. The topological polar surface area (TPSA) is 70.6 Å². The molecule has 0 fully saturated rings. The maximum absolute atomic E-state index is 12.3. The van der Waals surface area contributed by atoms with Gasteiger partial charge in [-0.3, -0.25) is 5.21 Å². The van der Waals surface area contributed by atoms with Gasteiger partial charge in [-0.2, -0.15) is 13.2 Å². The van der Waals surface area contributed by atoms with Crippen molar-refractivity contribution in [2.75, 3.05) is 0 Å². The molecule has 0 radical (unpaired) electrons. The molecule has 0 aliphatic rings. The highest BCUT2D eigenvalue weighted by Gasteiger charge is 2.30. The zero-order valence-corrected chi connectivity index (χ0v) is 8.47. The molecule has 1 rings (SSSR count). The van der Waals surface area contributed by atoms with Gasteiger partial charge < -0.3 is 5.73 Å². The van der Waals surface area contributed by atoms with Crippen LogP contribution in [0.5, 0.6) is 0 Å². The second-order valence-electron chi connectivity index (χ2n) is 2.77. The van der Waals surface area contributed by atoms with Crippen LogP contribution in [0.4, 0.5) is 18.9 Å². The number of hydroxylamine groups is 1. The molecule has 0 bridgehead atoms. The summed E-state index contributed by atoms with van der Waals surface area (Å²) >= 11 is 5.61. The van der Waals surface area contributed by atoms with E-state index in [0.29, 0.717) is 0 Å². The maximum Gasteiger partial charge on any atom is 0.416 e. The van der Waals surface area contributed by atoms with Crippen molar-refractivity contribution >= 4 is 23.2 Å². The third-order valence-electron chi connectivity index (χ3n) is 1.63. The molecule has 1 aromatic carbocycles. The summed E-state index contributed by atoms with van der Waals surface area (Å²) in [4.78, 5) is 3.45. The van der Waals surface area contributed by atoms with Crippen LogP contribution in [0, 0.1) is 0 Å². The van der Waals surface area contributed by atoms with Crippen LogP contribution in [0.25, 0.3) is 0 Å². The third kappa shape index (κ3) is 3.01. The van der Waals surface area contributed by atoms with Crippen molar-refractivity contribution in [3.63, 3.8) is 0 Å². The fraction of sp³-hybridized carbons (Fsp3) is 0.125. The highest BCUT2D eigenvalue weighted by molar-refractivity contribution is 6.33. The Morgan fingerprint density at radius 2 is 2.06 bits per heavy atom. The van der Waals surface area contributed by atoms with Crippen molar-refractivity contribution in [3.05, 3.63) is 28.8 Å². The van der Waals surface area contributed by atoms with Crippen molar-refractivity contribution in [3.8, 4) is 0 Å². The van der Waals surface area contributed by atoms with Gasteiger partial charge in [0.2, 0.25) is 5.96 Å². The number of rotatable bonds is 1. The van der Waals surface area contributed by atoms with E-state index in [2.05, 4.69) is 4.99 Å². The van der Waals surface area contributed by atoms with Gasteiger partial charge in [-0.15, -0.1) is 0 Å². The van der Waals surface area contributed by atoms with Gasteiger partial charge in [0, 0.05) is 0 Å². The molecule has 0 saturated carbocycles. The molecule has 0 atom stereocenters. The van der Waals surface area contributed by atoms with Crippen LogP contribution >= 0.6 is 11.6 Å². The molecule has 8 heteroatoms. The average molecular weight is 254 g/mol. The molecular formula is C8H7ClF3N3O. The monoisotopic (exact) mass is 253 g/mol. The van der Waals surface area contributed by atoms with Crippen LogP contribution in [0.1, 0.15) is 5.56 Å². The minimum Gasteiger partial charge on any atom is -0.368 e. The van der Waals surface area contributed by atoms with Crippen molar-refractivity contribution in [2.45, 2.75) is 6.18 Å². The maximum atomic E-state index is 12.3. The molecule has 88 valence electrons. The molecule has 0 heterocycles. The second-order valence-corrected chi connectivity index (χ2v) is 3.18. The summed E-state index contributed by atoms with van der Waals surface area (Å²) in [6, 6.07) is 2.60. The largest absolute Gasteiger partial charge is 0.416 e. The van der Waals surface area contributed by atoms with E-state index in [4.69, 9.17) is 22.5 Å². The van der Waals surface area contributed by atoms with E-state index in [9.17, 15) is 13.2 Å². The average Bonchev–Trinajstić information content (AvgIpc) is 2.19. The number of nitrogens with one attached hydrogen (secondary N) is 1. The normalized spacial score (nSPS) is 12.7. The zero-order chi connectivity index (χ0) is 12.3. The van der Waals surface area contributed by atoms with Gasteiger partial charge in [0.15, 0.2) is 0 Å². The quantitative estimate of drug-likeness (QED) is 0.408. The Morgan fingerprint density at radius 1 is 1.44 bits per heavy atom. The van der Waals surface area contributed by atoms with Gasteiger partial charge in [0.1, 0.15) is 0 Å². The number of nitrogens with two attached hydrogens (primary N) is 1. The molecule has 0 amide bonds. The number of hydrogen-bond acceptors (Lipinski definition) is 2. The molecule has 0 unspecified atom stereocenters. The lowest BCUT2D eigenvalue weighted by Crippen LogP contribution is -2.27. The summed E-state index contributed by atoms with van der Waals surface area (Å²) < 4.78 is 37.0. The third-order valence-corrected chi connectivity index (χ3v) is 1.95. The summed E-state index contributed by atoms with van der Waals surface area (Å²) in [7, 11) is 0. The van der Waals surface area contributed by atoms with Crippen molar-refractivity contribution in [1.29, 1.82) is 0 Å². The highest BCUT2D eigenvalue weighted by atomic mass is 35.5. The predicted octanol–water partition coefficient (Wildman–Crippen LogP) is 2.28. The van der Waals surface area contributed by atoms with E-state index < -0.39 is 17.7 Å². The fourth-order valence-corrected chi connectivity index (χ4v) is 1.09. The first-order chi connectivity index (χ1) is 7.34. The van der Waals surface area contributed by atoms with Gasteiger partial charge in [-0.1, -0.05) is 11.6 Å². The first kappa shape index (κ1) is 12.6. The summed E-state index contributed by atoms with van der Waals surface area (Å²) in [6.45, 7) is 0. The van der Waals surface area contributed by atoms with E-state index in [1.165, 1.54) is 5.48 Å². The molecule has 4 nitrogen and oxygen atoms in total. The van der Waals surface area contributed by atoms with E-state index in [1.54, 1.807) is 0 Å². The van der Waals surface area contributed by atoms with Crippen LogP contribution in [0.15, 0.2) is 23.2 Å². The molecule has 0 spiro atoms. The smallest absolute Gasteiger partial charge is 0.368 e. The molecular weight excluding hydrogens is 247 g/mol. The number of hydrogen-bond donors (Lipinski definition) is 3. The molecule has 16 heavy (non-hydrogen) atoms. The standard InChI is InChI=1S/C8H7ClF3N3O/c9-5-2-1-4(8(10,11)12)3-6(5)14-7(13)15-16/h1-3,16H,(H3,13,14,15). The van der Waals surface area contributed by atoms with Crippen LogP contribution in [-0.2, 0) is 6.18 Å². The Balaban J connectivity index is 3.19. The minimum atomic E-state index is -4.49. The van der Waals surface area contributed by atoms with Gasteiger partial charge in [0.05, 0.1) is 16.3 Å². The van der Waals surface area contributed by atoms with Crippen LogP contribution < -0.4 is 11.2 Å². The van der Waals surface area contributed by atoms with Crippen LogP contribution in [0.3, 0.4) is 0 Å². The van der Waals surface area contributed by atoms with E-state index in [-0.39, 0.29) is 10.7 Å². The number of aliphatic imine (C=N–C) groups is 1. The summed E-state index contributed by atoms with van der Waals surface area (Å²) in [5.41, 5.74) is 5.48. The van der Waals surface area contributed by atoms with Gasteiger partial charge in [-0.25, -0.2) is 10.5 Å². The predicted molar refractivity (Wildman–Crippen MR) is 52.7 cm³/mol. The number of guanidine groups is 1. The van der Waals surface area contributed by atoms with Crippen molar-refractivity contribution in [1.82, 2.24) is 5.48 Å². The van der Waals surface area contributed by atoms with Gasteiger partial charge in [-0.05, 0) is 18.2 Å². The second kappa shape index (κ2) is 4.58. The SMILES string of the molecule is NC(=Nc1cc(C(F)(F)F)ccc1Cl)NO. The van der Waals surface area contributed by atoms with Crippen molar-refractivity contribution in [2.24, 2.45) is 10.7 Å². The Kier molecular flexibility index (Phi) is 3.61. The Labute approximate surface area is 93.5 Å². The zero-order valence-electron chi connectivity index (χ0n) is 7.72. The lowest BCUT2D eigenvalue weighted by Gasteiger charge is -2.08. The van der Waals surface area contributed by atoms with Crippen LogP contribution in [0.2, 0.25) is 5.02 Å². The van der Waals surface area contributed by atoms with Crippen molar-refractivity contribution < 1.29 is 18.4 Å². The number of alkyl halides is 3. The number of nitrogens with zero attached hydrogens (tertiary/aromatic N) is 1. The fourth-order valence-electron chi connectivity index (χ4n) is 0.929. The highest BCUT2D eigenvalue weighted by Crippen LogP contribution is 2.34. The van der Waals surface area contributed by atoms with Crippen LogP contribution in [-0.4, -0.2) is 11.2 Å². The first-order valence-electron chi connectivity index (χ1n) is 3.95. The Bertz CT molecular complexity index is 419.